The summed E-state index contributed by atoms with van der Waals surface area (Å²) < 4.78 is 30.2. The van der Waals surface area contributed by atoms with Gasteiger partial charge in [0.1, 0.15) is 0 Å². The molecule has 0 amide bonds. The molecule has 1 rings (SSSR count). The van der Waals surface area contributed by atoms with Gasteiger partial charge in [0.2, 0.25) is 10.0 Å². The second kappa shape index (κ2) is 7.53. The maximum atomic E-state index is 11.6. The minimum absolute atomic E-state index is 0.0266. The number of allylic oxidation sites excluding steroid dienone is 1. The predicted octanol–water partition coefficient (Wildman–Crippen LogP) is 1.36. The molecule has 0 aromatic rings. The van der Waals surface area contributed by atoms with Crippen LogP contribution >= 0.6 is 0 Å². The predicted molar refractivity (Wildman–Crippen MR) is 69.6 cm³/mol. The monoisotopic (exact) mass is 275 g/mol. The maximum Gasteiger partial charge on any atom is 0.305 e. The summed E-state index contributed by atoms with van der Waals surface area (Å²) in [5.74, 6) is -0.400. The van der Waals surface area contributed by atoms with Crippen LogP contribution in [0.1, 0.15) is 38.5 Å². The standard InChI is InChI=1S/C12H21NO4S/c1-17-12(14)7-4-10-18(15,16)13-9-8-11-5-2-3-6-11/h5,13H,2-4,6-10H2,1H3. The summed E-state index contributed by atoms with van der Waals surface area (Å²) in [5.41, 5.74) is 1.34. The fourth-order valence-electron chi connectivity index (χ4n) is 1.91. The van der Waals surface area contributed by atoms with Crippen molar-refractivity contribution in [3.63, 3.8) is 0 Å². The summed E-state index contributed by atoms with van der Waals surface area (Å²) in [4.78, 5) is 10.8. The first-order chi connectivity index (χ1) is 8.53. The highest BCUT2D eigenvalue weighted by molar-refractivity contribution is 7.89. The zero-order valence-corrected chi connectivity index (χ0v) is 11.6. The average molecular weight is 275 g/mol. The first-order valence-corrected chi connectivity index (χ1v) is 7.91. The van der Waals surface area contributed by atoms with E-state index in [0.717, 1.165) is 19.3 Å². The van der Waals surface area contributed by atoms with Gasteiger partial charge in [0.25, 0.3) is 0 Å². The van der Waals surface area contributed by atoms with Crippen molar-refractivity contribution in [2.75, 3.05) is 19.4 Å². The van der Waals surface area contributed by atoms with Crippen molar-refractivity contribution in [3.05, 3.63) is 11.6 Å². The molecule has 5 nitrogen and oxygen atoms in total. The molecule has 0 fully saturated rings. The zero-order chi connectivity index (χ0) is 13.4. The molecule has 0 saturated heterocycles. The van der Waals surface area contributed by atoms with Gasteiger partial charge in [0.15, 0.2) is 0 Å². The smallest absolute Gasteiger partial charge is 0.305 e. The molecule has 0 aliphatic heterocycles. The fraction of sp³-hybridized carbons (Fsp3) is 0.750. The van der Waals surface area contributed by atoms with Gasteiger partial charge in [0.05, 0.1) is 12.9 Å². The third-order valence-electron chi connectivity index (χ3n) is 2.92. The molecule has 0 atom stereocenters. The van der Waals surface area contributed by atoms with Crippen molar-refractivity contribution in [1.82, 2.24) is 4.72 Å². The highest BCUT2D eigenvalue weighted by atomic mass is 32.2. The van der Waals surface area contributed by atoms with Crippen molar-refractivity contribution in [1.29, 1.82) is 0 Å². The quantitative estimate of drug-likeness (QED) is 0.536. The van der Waals surface area contributed by atoms with Crippen molar-refractivity contribution < 1.29 is 17.9 Å². The van der Waals surface area contributed by atoms with E-state index in [1.54, 1.807) is 0 Å². The van der Waals surface area contributed by atoms with Gasteiger partial charge in [-0.3, -0.25) is 4.79 Å². The summed E-state index contributed by atoms with van der Waals surface area (Å²) in [5, 5.41) is 0. The molecule has 6 heteroatoms. The Balaban J connectivity index is 2.16. The lowest BCUT2D eigenvalue weighted by molar-refractivity contribution is -0.140. The second-order valence-corrected chi connectivity index (χ2v) is 6.32. The van der Waals surface area contributed by atoms with E-state index in [1.165, 1.54) is 19.1 Å². The van der Waals surface area contributed by atoms with E-state index >= 15 is 0 Å². The molecule has 0 saturated carbocycles. The van der Waals surface area contributed by atoms with E-state index in [4.69, 9.17) is 0 Å². The summed E-state index contributed by atoms with van der Waals surface area (Å²) in [6.07, 6.45) is 6.79. The molecule has 18 heavy (non-hydrogen) atoms. The third-order valence-corrected chi connectivity index (χ3v) is 4.39. The van der Waals surface area contributed by atoms with Crippen LogP contribution in [0.25, 0.3) is 0 Å². The Kier molecular flexibility index (Phi) is 6.35. The molecule has 104 valence electrons. The van der Waals surface area contributed by atoms with Gasteiger partial charge < -0.3 is 4.74 Å². The topological polar surface area (TPSA) is 72.5 Å². The summed E-state index contributed by atoms with van der Waals surface area (Å²) in [6, 6.07) is 0. The highest BCUT2D eigenvalue weighted by Gasteiger charge is 2.12. The Labute approximate surface area is 109 Å². The first kappa shape index (κ1) is 15.2. The van der Waals surface area contributed by atoms with Crippen LogP contribution in [0.15, 0.2) is 11.6 Å². The van der Waals surface area contributed by atoms with E-state index in [1.807, 2.05) is 0 Å². The van der Waals surface area contributed by atoms with Crippen molar-refractivity contribution >= 4 is 16.0 Å². The SMILES string of the molecule is COC(=O)CCCS(=O)(=O)NCCC1=CCCC1. The number of carbonyl (C=O) groups is 1. The number of hydrogen-bond acceptors (Lipinski definition) is 4. The number of sulfonamides is 1. The van der Waals surface area contributed by atoms with E-state index in [0.29, 0.717) is 13.0 Å². The van der Waals surface area contributed by atoms with Gasteiger partial charge in [0, 0.05) is 13.0 Å². The number of methoxy groups -OCH3 is 1. The van der Waals surface area contributed by atoms with Crippen LogP contribution in [0.2, 0.25) is 0 Å². The molecule has 0 heterocycles. The van der Waals surface area contributed by atoms with Crippen LogP contribution in [-0.2, 0) is 19.6 Å². The van der Waals surface area contributed by atoms with Gasteiger partial charge in [-0.15, -0.1) is 0 Å². The minimum atomic E-state index is -3.26. The van der Waals surface area contributed by atoms with Crippen LogP contribution in [0.5, 0.6) is 0 Å². The lowest BCUT2D eigenvalue weighted by atomic mass is 10.2. The van der Waals surface area contributed by atoms with Crippen LogP contribution in [0, 0.1) is 0 Å². The number of nitrogens with one attached hydrogen (secondary N) is 1. The van der Waals surface area contributed by atoms with Crippen LogP contribution in [0.4, 0.5) is 0 Å². The number of carbonyl (C=O) groups excluding carboxylic acids is 1. The first-order valence-electron chi connectivity index (χ1n) is 6.25. The van der Waals surface area contributed by atoms with Gasteiger partial charge in [-0.2, -0.15) is 0 Å². The number of hydrogen-bond donors (Lipinski definition) is 1. The highest BCUT2D eigenvalue weighted by Crippen LogP contribution is 2.19. The van der Waals surface area contributed by atoms with Crippen LogP contribution in [0.3, 0.4) is 0 Å². The average Bonchev–Trinajstić information content (AvgIpc) is 2.81. The van der Waals surface area contributed by atoms with Gasteiger partial charge >= 0.3 is 5.97 Å². The van der Waals surface area contributed by atoms with Gasteiger partial charge in [-0.25, -0.2) is 13.1 Å². The van der Waals surface area contributed by atoms with Crippen molar-refractivity contribution in [3.8, 4) is 0 Å². The van der Waals surface area contributed by atoms with Crippen molar-refractivity contribution in [2.24, 2.45) is 0 Å². The van der Waals surface area contributed by atoms with Crippen LogP contribution < -0.4 is 4.72 Å². The van der Waals surface area contributed by atoms with Gasteiger partial charge in [-0.05, 0) is 32.1 Å². The second-order valence-electron chi connectivity index (χ2n) is 4.40. The molecule has 1 aliphatic carbocycles. The van der Waals surface area contributed by atoms with Crippen molar-refractivity contribution in [2.45, 2.75) is 38.5 Å². The molecule has 0 radical (unpaired) electrons. The Bertz CT molecular complexity index is 400. The Morgan fingerprint density at radius 2 is 2.28 bits per heavy atom. The molecular formula is C12H21NO4S. The Hall–Kier alpha value is -0.880. The number of ether oxygens (including phenoxy) is 1. The van der Waals surface area contributed by atoms with E-state index in [-0.39, 0.29) is 18.1 Å². The normalized spacial score (nSPS) is 15.5. The summed E-state index contributed by atoms with van der Waals surface area (Å²) in [7, 11) is -1.97. The summed E-state index contributed by atoms with van der Waals surface area (Å²) in [6.45, 7) is 0.451. The lowest BCUT2D eigenvalue weighted by Gasteiger charge is -2.06. The number of esters is 1. The van der Waals surface area contributed by atoms with Crippen LogP contribution in [-0.4, -0.2) is 33.8 Å². The maximum absolute atomic E-state index is 11.6. The molecule has 1 aliphatic rings. The molecule has 0 spiro atoms. The molecule has 0 aromatic heterocycles. The molecule has 0 unspecified atom stereocenters. The zero-order valence-electron chi connectivity index (χ0n) is 10.8. The number of rotatable bonds is 8. The molecule has 0 bridgehead atoms. The Morgan fingerprint density at radius 3 is 2.89 bits per heavy atom. The van der Waals surface area contributed by atoms with E-state index in [2.05, 4.69) is 15.5 Å². The van der Waals surface area contributed by atoms with E-state index in [9.17, 15) is 13.2 Å². The fourth-order valence-corrected chi connectivity index (χ4v) is 2.99. The Morgan fingerprint density at radius 1 is 1.50 bits per heavy atom. The minimum Gasteiger partial charge on any atom is -0.469 e. The largest absolute Gasteiger partial charge is 0.469 e. The van der Waals surface area contributed by atoms with Gasteiger partial charge in [-0.1, -0.05) is 11.6 Å². The van der Waals surface area contributed by atoms with E-state index < -0.39 is 10.0 Å². The molecule has 0 aromatic carbocycles. The lowest BCUT2D eigenvalue weighted by Crippen LogP contribution is -2.27. The molecule has 1 N–H and O–H groups in total. The third kappa shape index (κ3) is 6.16. The molecular weight excluding hydrogens is 254 g/mol. The summed E-state index contributed by atoms with van der Waals surface area (Å²) >= 11 is 0.